The summed E-state index contributed by atoms with van der Waals surface area (Å²) in [6, 6.07) is 15.8. The molecule has 3 nitrogen and oxygen atoms in total. The Hall–Kier alpha value is -1.84. The molecule has 0 aliphatic carbocycles. The maximum Gasteiger partial charge on any atom is 0.131 e. The van der Waals surface area contributed by atoms with Crippen LogP contribution in [0.3, 0.4) is 0 Å². The van der Waals surface area contributed by atoms with Gasteiger partial charge in [0.2, 0.25) is 0 Å². The van der Waals surface area contributed by atoms with E-state index in [1.54, 1.807) is 0 Å². The van der Waals surface area contributed by atoms with Gasteiger partial charge in [0.15, 0.2) is 0 Å². The van der Waals surface area contributed by atoms with Gasteiger partial charge in [0.1, 0.15) is 11.5 Å². The van der Waals surface area contributed by atoms with E-state index in [-0.39, 0.29) is 6.61 Å². The molecule has 0 spiro atoms. The molecule has 0 amide bonds. The molecule has 0 aromatic heterocycles. The van der Waals surface area contributed by atoms with Crippen molar-refractivity contribution in [3.8, 4) is 11.5 Å². The highest BCUT2D eigenvalue weighted by Crippen LogP contribution is 2.28. The van der Waals surface area contributed by atoms with Crippen LogP contribution in [0.5, 0.6) is 11.5 Å². The first-order valence-corrected chi connectivity index (χ1v) is 6.44. The summed E-state index contributed by atoms with van der Waals surface area (Å²) in [7, 11) is 1.91. The van der Waals surface area contributed by atoms with E-state index in [1.165, 1.54) is 0 Å². The minimum absolute atomic E-state index is 0.124. The third-order valence-electron chi connectivity index (χ3n) is 2.91. The fraction of sp³-hybridized carbons (Fsp3) is 0.250. The lowest BCUT2D eigenvalue weighted by atomic mass is 10.1. The van der Waals surface area contributed by atoms with Crippen LogP contribution in [0.15, 0.2) is 48.5 Å². The fourth-order valence-electron chi connectivity index (χ4n) is 1.99. The molecule has 0 unspecified atom stereocenters. The van der Waals surface area contributed by atoms with Gasteiger partial charge in [0.25, 0.3) is 0 Å². The number of aliphatic hydroxyl groups is 1. The number of hydrogen-bond acceptors (Lipinski definition) is 3. The van der Waals surface area contributed by atoms with E-state index in [0.717, 1.165) is 29.2 Å². The van der Waals surface area contributed by atoms with Crippen molar-refractivity contribution < 1.29 is 9.84 Å². The molecule has 0 heterocycles. The fourth-order valence-corrected chi connectivity index (χ4v) is 1.99. The molecule has 0 atom stereocenters. The van der Waals surface area contributed by atoms with Crippen LogP contribution in [-0.4, -0.2) is 18.8 Å². The molecule has 2 N–H and O–H groups in total. The molecule has 2 aromatic rings. The van der Waals surface area contributed by atoms with Gasteiger partial charge in [0.05, 0.1) is 0 Å². The third kappa shape index (κ3) is 3.56. The predicted octanol–water partition coefficient (Wildman–Crippen LogP) is 2.73. The van der Waals surface area contributed by atoms with Gasteiger partial charge in [-0.3, -0.25) is 0 Å². The minimum atomic E-state index is 0.124. The SMILES string of the molecule is CNCc1ccccc1Oc1ccccc1CCO. The first kappa shape index (κ1) is 13.6. The molecule has 3 heteroatoms. The molecule has 0 bridgehead atoms. The van der Waals surface area contributed by atoms with Crippen LogP contribution in [0.1, 0.15) is 11.1 Å². The Kier molecular flexibility index (Phi) is 4.95. The van der Waals surface area contributed by atoms with Crippen LogP contribution in [-0.2, 0) is 13.0 Å². The van der Waals surface area contributed by atoms with Gasteiger partial charge in [-0.15, -0.1) is 0 Å². The molecule has 2 rings (SSSR count). The van der Waals surface area contributed by atoms with Crippen LogP contribution in [0.2, 0.25) is 0 Å². The van der Waals surface area contributed by atoms with E-state index in [4.69, 9.17) is 9.84 Å². The van der Waals surface area contributed by atoms with Crippen molar-refractivity contribution in [1.82, 2.24) is 5.32 Å². The first-order chi connectivity index (χ1) is 9.35. The Morgan fingerprint density at radius 1 is 0.947 bits per heavy atom. The number of benzene rings is 2. The maximum atomic E-state index is 9.08. The molecule has 0 aliphatic rings. The minimum Gasteiger partial charge on any atom is -0.457 e. The molecule has 0 saturated heterocycles. The zero-order chi connectivity index (χ0) is 13.5. The van der Waals surface area contributed by atoms with Crippen molar-refractivity contribution in [2.75, 3.05) is 13.7 Å². The molecular weight excluding hydrogens is 238 g/mol. The van der Waals surface area contributed by atoms with E-state index in [1.807, 2.05) is 55.6 Å². The van der Waals surface area contributed by atoms with Gasteiger partial charge in [-0.1, -0.05) is 36.4 Å². The Labute approximate surface area is 113 Å². The van der Waals surface area contributed by atoms with E-state index < -0.39 is 0 Å². The second-order valence-electron chi connectivity index (χ2n) is 4.32. The normalized spacial score (nSPS) is 10.4. The van der Waals surface area contributed by atoms with Crippen molar-refractivity contribution in [1.29, 1.82) is 0 Å². The summed E-state index contributed by atoms with van der Waals surface area (Å²) in [4.78, 5) is 0. The average Bonchev–Trinajstić information content (AvgIpc) is 2.44. The number of ether oxygens (including phenoxy) is 1. The Morgan fingerprint density at radius 3 is 2.16 bits per heavy atom. The van der Waals surface area contributed by atoms with Crippen molar-refractivity contribution in [2.45, 2.75) is 13.0 Å². The molecule has 0 saturated carbocycles. The molecule has 100 valence electrons. The van der Waals surface area contributed by atoms with E-state index in [2.05, 4.69) is 5.32 Å². The summed E-state index contributed by atoms with van der Waals surface area (Å²) in [5, 5.41) is 12.2. The Bertz CT molecular complexity index is 478. The lowest BCUT2D eigenvalue weighted by Crippen LogP contribution is -2.06. The first-order valence-electron chi connectivity index (χ1n) is 6.44. The maximum absolute atomic E-state index is 9.08. The summed E-state index contributed by atoms with van der Waals surface area (Å²) < 4.78 is 5.99. The van der Waals surface area contributed by atoms with Gasteiger partial charge in [-0.2, -0.15) is 0 Å². The highest BCUT2D eigenvalue weighted by atomic mass is 16.5. The number of hydrogen-bond donors (Lipinski definition) is 2. The number of para-hydroxylation sites is 2. The van der Waals surface area contributed by atoms with Crippen LogP contribution in [0.25, 0.3) is 0 Å². The molecule has 2 aromatic carbocycles. The van der Waals surface area contributed by atoms with Crippen LogP contribution >= 0.6 is 0 Å². The Balaban J connectivity index is 2.25. The standard InChI is InChI=1S/C16H19NO2/c1-17-12-14-7-3-5-9-16(14)19-15-8-4-2-6-13(15)10-11-18/h2-9,17-18H,10-12H2,1H3. The zero-order valence-electron chi connectivity index (χ0n) is 11.1. The highest BCUT2D eigenvalue weighted by molar-refractivity contribution is 5.41. The van der Waals surface area contributed by atoms with Crippen LogP contribution < -0.4 is 10.1 Å². The third-order valence-corrected chi connectivity index (χ3v) is 2.91. The van der Waals surface area contributed by atoms with Gasteiger partial charge in [-0.25, -0.2) is 0 Å². The van der Waals surface area contributed by atoms with Crippen molar-refractivity contribution >= 4 is 0 Å². The van der Waals surface area contributed by atoms with Crippen LogP contribution in [0, 0.1) is 0 Å². The summed E-state index contributed by atoms with van der Waals surface area (Å²) in [6.07, 6.45) is 0.602. The van der Waals surface area contributed by atoms with E-state index in [0.29, 0.717) is 6.42 Å². The average molecular weight is 257 g/mol. The summed E-state index contributed by atoms with van der Waals surface area (Å²) in [5.41, 5.74) is 2.13. The highest BCUT2D eigenvalue weighted by Gasteiger charge is 2.07. The van der Waals surface area contributed by atoms with Gasteiger partial charge >= 0.3 is 0 Å². The van der Waals surface area contributed by atoms with Crippen molar-refractivity contribution in [3.63, 3.8) is 0 Å². The Morgan fingerprint density at radius 2 is 1.53 bits per heavy atom. The lowest BCUT2D eigenvalue weighted by molar-refractivity contribution is 0.298. The van der Waals surface area contributed by atoms with Crippen LogP contribution in [0.4, 0.5) is 0 Å². The molecular formula is C16H19NO2. The number of aliphatic hydroxyl groups excluding tert-OH is 1. The second-order valence-corrected chi connectivity index (χ2v) is 4.32. The van der Waals surface area contributed by atoms with Gasteiger partial charge in [-0.05, 0) is 31.2 Å². The topological polar surface area (TPSA) is 41.5 Å². The lowest BCUT2D eigenvalue weighted by Gasteiger charge is -2.13. The number of nitrogens with one attached hydrogen (secondary N) is 1. The van der Waals surface area contributed by atoms with Gasteiger partial charge in [0, 0.05) is 18.7 Å². The van der Waals surface area contributed by atoms with E-state index >= 15 is 0 Å². The molecule has 0 fully saturated rings. The summed E-state index contributed by atoms with van der Waals surface area (Å²) >= 11 is 0. The smallest absolute Gasteiger partial charge is 0.131 e. The van der Waals surface area contributed by atoms with E-state index in [9.17, 15) is 0 Å². The summed E-state index contributed by atoms with van der Waals surface area (Å²) in [5.74, 6) is 1.65. The van der Waals surface area contributed by atoms with Crippen molar-refractivity contribution in [2.24, 2.45) is 0 Å². The molecule has 19 heavy (non-hydrogen) atoms. The molecule has 0 aliphatic heterocycles. The molecule has 0 radical (unpaired) electrons. The summed E-state index contributed by atoms with van der Waals surface area (Å²) in [6.45, 7) is 0.886. The second kappa shape index (κ2) is 6.92. The quantitative estimate of drug-likeness (QED) is 0.836. The number of rotatable bonds is 6. The van der Waals surface area contributed by atoms with Crippen molar-refractivity contribution in [3.05, 3.63) is 59.7 Å². The van der Waals surface area contributed by atoms with Gasteiger partial charge < -0.3 is 15.2 Å². The largest absolute Gasteiger partial charge is 0.457 e. The zero-order valence-corrected chi connectivity index (χ0v) is 11.1. The monoisotopic (exact) mass is 257 g/mol. The predicted molar refractivity (Wildman–Crippen MR) is 76.5 cm³/mol.